The minimum atomic E-state index is 1.03. The van der Waals surface area contributed by atoms with Crippen molar-refractivity contribution in [2.24, 2.45) is 0 Å². The molecule has 0 aromatic heterocycles. The van der Waals surface area contributed by atoms with Crippen LogP contribution in [-0.4, -0.2) is 13.1 Å². The predicted octanol–water partition coefficient (Wildman–Crippen LogP) is 2.11. The summed E-state index contributed by atoms with van der Waals surface area (Å²) in [5, 5.41) is 0. The first-order valence-electron chi connectivity index (χ1n) is 6.66. The lowest BCUT2D eigenvalue weighted by Gasteiger charge is -2.08. The van der Waals surface area contributed by atoms with Crippen molar-refractivity contribution in [3.8, 4) is 11.8 Å². The van der Waals surface area contributed by atoms with Crippen molar-refractivity contribution < 1.29 is 0 Å². The molecule has 3 nitrogen and oxygen atoms in total. The number of hydrogen-bond donors (Lipinski definition) is 3. The monoisotopic (exact) mass is 223 g/mol. The van der Waals surface area contributed by atoms with E-state index < -0.39 is 0 Å². The van der Waals surface area contributed by atoms with E-state index in [0.717, 1.165) is 25.9 Å². The van der Waals surface area contributed by atoms with E-state index in [1.54, 1.807) is 0 Å². The van der Waals surface area contributed by atoms with Gasteiger partial charge in [0, 0.05) is 25.9 Å². The molecule has 0 atom stereocenters. The van der Waals surface area contributed by atoms with Crippen molar-refractivity contribution in [1.82, 2.24) is 16.4 Å². The van der Waals surface area contributed by atoms with Crippen molar-refractivity contribution in [3.63, 3.8) is 0 Å². The zero-order valence-corrected chi connectivity index (χ0v) is 10.3. The molecule has 0 bridgehead atoms. The molecule has 0 aromatic rings. The van der Waals surface area contributed by atoms with Gasteiger partial charge in [-0.3, -0.25) is 0 Å². The number of hydrogen-bond acceptors (Lipinski definition) is 3. The Balaban J connectivity index is 2.10. The molecule has 92 valence electrons. The van der Waals surface area contributed by atoms with Crippen LogP contribution in [0, 0.1) is 11.8 Å². The zero-order valence-electron chi connectivity index (χ0n) is 10.3. The highest BCUT2D eigenvalue weighted by Crippen LogP contribution is 2.02. The highest BCUT2D eigenvalue weighted by atomic mass is 15.6. The molecule has 0 unspecified atom stereocenters. The second-order valence-electron chi connectivity index (χ2n) is 4.31. The van der Waals surface area contributed by atoms with Gasteiger partial charge in [-0.1, -0.05) is 19.3 Å². The Bertz CT molecular complexity index is 185. The van der Waals surface area contributed by atoms with Crippen LogP contribution in [0.2, 0.25) is 0 Å². The van der Waals surface area contributed by atoms with Crippen LogP contribution in [-0.2, 0) is 0 Å². The van der Waals surface area contributed by atoms with Gasteiger partial charge in [-0.05, 0) is 25.7 Å². The van der Waals surface area contributed by atoms with E-state index in [-0.39, 0.29) is 0 Å². The fourth-order valence-electron chi connectivity index (χ4n) is 1.75. The quantitative estimate of drug-likeness (QED) is 0.551. The van der Waals surface area contributed by atoms with E-state index >= 15 is 0 Å². The van der Waals surface area contributed by atoms with Gasteiger partial charge in [0.1, 0.15) is 0 Å². The SMILES string of the molecule is C1#CCCCCCNNNCCCCCC1. The van der Waals surface area contributed by atoms with Gasteiger partial charge in [0.05, 0.1) is 0 Å². The standard InChI is InChI=1S/C13H25N3/c1-2-4-6-8-10-12-14-16-15-13-11-9-7-5-3-1/h14-16H,2,4-13H2. The highest BCUT2D eigenvalue weighted by molar-refractivity contribution is 4.98. The molecule has 16 heavy (non-hydrogen) atoms. The van der Waals surface area contributed by atoms with E-state index in [1.807, 2.05) is 0 Å². The second-order valence-corrected chi connectivity index (χ2v) is 4.31. The maximum absolute atomic E-state index is 3.27. The lowest BCUT2D eigenvalue weighted by atomic mass is 10.1. The molecular weight excluding hydrogens is 198 g/mol. The van der Waals surface area contributed by atoms with Crippen molar-refractivity contribution in [2.75, 3.05) is 13.1 Å². The van der Waals surface area contributed by atoms with E-state index in [1.165, 1.54) is 44.9 Å². The molecule has 1 aliphatic rings. The number of hydrazine groups is 2. The summed E-state index contributed by atoms with van der Waals surface area (Å²) in [6.45, 7) is 2.07. The molecule has 1 aliphatic heterocycles. The van der Waals surface area contributed by atoms with Crippen molar-refractivity contribution in [2.45, 2.75) is 57.8 Å². The molecule has 1 rings (SSSR count). The summed E-state index contributed by atoms with van der Waals surface area (Å²) in [7, 11) is 0. The van der Waals surface area contributed by atoms with Crippen LogP contribution in [0.25, 0.3) is 0 Å². The van der Waals surface area contributed by atoms with Gasteiger partial charge in [-0.2, -0.15) is 5.53 Å². The lowest BCUT2D eigenvalue weighted by molar-refractivity contribution is 0.416. The summed E-state index contributed by atoms with van der Waals surface area (Å²) in [4.78, 5) is 0. The predicted molar refractivity (Wildman–Crippen MR) is 68.5 cm³/mol. The van der Waals surface area contributed by atoms with Gasteiger partial charge >= 0.3 is 0 Å². The molecule has 0 amide bonds. The Morgan fingerprint density at radius 1 is 0.562 bits per heavy atom. The van der Waals surface area contributed by atoms with Crippen LogP contribution in [0.5, 0.6) is 0 Å². The molecule has 3 heteroatoms. The summed E-state index contributed by atoms with van der Waals surface area (Å²) in [6, 6.07) is 0. The number of nitrogens with one attached hydrogen (secondary N) is 3. The van der Waals surface area contributed by atoms with Crippen LogP contribution < -0.4 is 16.4 Å². The molecule has 0 radical (unpaired) electrons. The number of rotatable bonds is 0. The largest absolute Gasteiger partial charge is 0.244 e. The highest BCUT2D eigenvalue weighted by Gasteiger charge is 1.91. The Morgan fingerprint density at radius 3 is 1.69 bits per heavy atom. The maximum Gasteiger partial charge on any atom is 0.0113 e. The van der Waals surface area contributed by atoms with Crippen LogP contribution in [0.3, 0.4) is 0 Å². The van der Waals surface area contributed by atoms with Crippen LogP contribution in [0.4, 0.5) is 0 Å². The van der Waals surface area contributed by atoms with Gasteiger partial charge in [0.15, 0.2) is 0 Å². The fourth-order valence-corrected chi connectivity index (χ4v) is 1.75. The van der Waals surface area contributed by atoms with Gasteiger partial charge in [0.2, 0.25) is 0 Å². The van der Waals surface area contributed by atoms with Crippen molar-refractivity contribution >= 4 is 0 Å². The average Bonchev–Trinajstić information content (AvgIpc) is 2.29. The first-order valence-corrected chi connectivity index (χ1v) is 6.66. The smallest absolute Gasteiger partial charge is 0.0113 e. The summed E-state index contributed by atoms with van der Waals surface area (Å²) >= 11 is 0. The van der Waals surface area contributed by atoms with Gasteiger partial charge < -0.3 is 0 Å². The molecule has 0 spiro atoms. The molecule has 0 aromatic carbocycles. The van der Waals surface area contributed by atoms with Gasteiger partial charge in [-0.15, -0.1) is 11.8 Å². The first-order chi connectivity index (χ1) is 8.00. The molecule has 3 N–H and O–H groups in total. The van der Waals surface area contributed by atoms with E-state index in [9.17, 15) is 0 Å². The molecule has 0 fully saturated rings. The summed E-state index contributed by atoms with van der Waals surface area (Å²) in [5.41, 5.74) is 9.39. The fraction of sp³-hybridized carbons (Fsp3) is 0.846. The van der Waals surface area contributed by atoms with E-state index in [4.69, 9.17) is 0 Å². The zero-order chi connectivity index (χ0) is 11.3. The Hall–Kier alpha value is -0.560. The minimum Gasteiger partial charge on any atom is -0.244 e. The average molecular weight is 223 g/mol. The molecule has 0 saturated heterocycles. The van der Waals surface area contributed by atoms with Crippen LogP contribution >= 0.6 is 0 Å². The summed E-state index contributed by atoms with van der Waals surface area (Å²) in [5.74, 6) is 6.54. The topological polar surface area (TPSA) is 36.1 Å². The normalized spacial score (nSPS) is 22.0. The van der Waals surface area contributed by atoms with Crippen LogP contribution in [0.1, 0.15) is 57.8 Å². The maximum atomic E-state index is 3.27. The third-order valence-electron chi connectivity index (χ3n) is 2.76. The molecular formula is C13H25N3. The first kappa shape index (κ1) is 13.5. The van der Waals surface area contributed by atoms with E-state index in [0.29, 0.717) is 0 Å². The third kappa shape index (κ3) is 8.72. The molecule has 1 heterocycles. The third-order valence-corrected chi connectivity index (χ3v) is 2.76. The molecule has 0 aliphatic carbocycles. The summed E-state index contributed by atoms with van der Waals surface area (Å²) < 4.78 is 0. The van der Waals surface area contributed by atoms with Gasteiger partial charge in [0.25, 0.3) is 0 Å². The molecule has 0 saturated carbocycles. The lowest BCUT2D eigenvalue weighted by Crippen LogP contribution is -2.44. The van der Waals surface area contributed by atoms with Crippen molar-refractivity contribution in [3.05, 3.63) is 0 Å². The summed E-state index contributed by atoms with van der Waals surface area (Å²) in [6.07, 6.45) is 11.0. The Morgan fingerprint density at radius 2 is 1.06 bits per heavy atom. The Kier molecular flexibility index (Phi) is 9.24. The van der Waals surface area contributed by atoms with E-state index in [2.05, 4.69) is 28.2 Å². The second kappa shape index (κ2) is 10.9. The van der Waals surface area contributed by atoms with Crippen LogP contribution in [0.15, 0.2) is 0 Å². The Labute approximate surface area is 99.7 Å². The van der Waals surface area contributed by atoms with Crippen molar-refractivity contribution in [1.29, 1.82) is 0 Å². The van der Waals surface area contributed by atoms with Gasteiger partial charge in [-0.25, -0.2) is 10.9 Å². The minimum absolute atomic E-state index is 1.03.